The fourth-order valence-corrected chi connectivity index (χ4v) is 5.73. The van der Waals surface area contributed by atoms with Crippen LogP contribution in [0.4, 0.5) is 17.1 Å². The predicted octanol–water partition coefficient (Wildman–Crippen LogP) is 10.9. The monoisotopic (exact) mass is 538 g/mol. The molecule has 3 heteroatoms. The third-order valence-corrected chi connectivity index (χ3v) is 7.85. The van der Waals surface area contributed by atoms with Gasteiger partial charge in [0.15, 0.2) is 5.58 Å². The highest BCUT2D eigenvalue weighted by Crippen LogP contribution is 2.39. The number of para-hydroxylation sites is 2. The van der Waals surface area contributed by atoms with Crippen molar-refractivity contribution in [2.24, 2.45) is 0 Å². The van der Waals surface area contributed by atoms with Gasteiger partial charge in [-0.3, -0.25) is 0 Å². The van der Waals surface area contributed by atoms with Crippen LogP contribution in [0.15, 0.2) is 162 Å². The largest absolute Gasteiger partial charge is 0.454 e. The molecule has 0 bridgehead atoms. The van der Waals surface area contributed by atoms with E-state index in [9.17, 15) is 0 Å². The van der Waals surface area contributed by atoms with Crippen LogP contribution >= 0.6 is 0 Å². The van der Waals surface area contributed by atoms with Gasteiger partial charge < -0.3 is 9.32 Å². The van der Waals surface area contributed by atoms with Crippen molar-refractivity contribution in [2.45, 2.75) is 0 Å². The van der Waals surface area contributed by atoms with E-state index in [1.165, 1.54) is 22.3 Å². The molecule has 2 aromatic heterocycles. The minimum Gasteiger partial charge on any atom is -0.454 e. The predicted molar refractivity (Wildman–Crippen MR) is 175 cm³/mol. The molecule has 0 saturated carbocycles. The Labute approximate surface area is 243 Å². The van der Waals surface area contributed by atoms with E-state index >= 15 is 0 Å². The van der Waals surface area contributed by atoms with E-state index < -0.39 is 0 Å². The summed E-state index contributed by atoms with van der Waals surface area (Å²) in [5.41, 5.74) is 11.5. The zero-order chi connectivity index (χ0) is 27.9. The molecule has 0 aliphatic heterocycles. The lowest BCUT2D eigenvalue weighted by Gasteiger charge is -2.25. The summed E-state index contributed by atoms with van der Waals surface area (Å²) in [6.07, 6.45) is 0. The Hall–Kier alpha value is -5.67. The maximum absolute atomic E-state index is 6.23. The van der Waals surface area contributed by atoms with Crippen LogP contribution in [0.1, 0.15) is 0 Å². The highest BCUT2D eigenvalue weighted by molar-refractivity contribution is 6.07. The lowest BCUT2D eigenvalue weighted by Crippen LogP contribution is -2.09. The number of hydrogen-bond donors (Lipinski definition) is 0. The van der Waals surface area contributed by atoms with E-state index in [0.29, 0.717) is 0 Å². The summed E-state index contributed by atoms with van der Waals surface area (Å²) < 4.78 is 6.23. The maximum Gasteiger partial charge on any atom is 0.154 e. The van der Waals surface area contributed by atoms with E-state index in [2.05, 4.69) is 132 Å². The van der Waals surface area contributed by atoms with Crippen LogP contribution in [-0.2, 0) is 0 Å². The van der Waals surface area contributed by atoms with Gasteiger partial charge in [-0.2, -0.15) is 0 Å². The van der Waals surface area contributed by atoms with Crippen molar-refractivity contribution < 1.29 is 4.42 Å². The van der Waals surface area contributed by atoms with Gasteiger partial charge in [-0.25, -0.2) is 4.98 Å². The maximum atomic E-state index is 6.23. The Bertz CT molecular complexity index is 2170. The number of nitrogens with zero attached hydrogens (tertiary/aromatic N) is 2. The molecule has 0 spiro atoms. The molecule has 0 amide bonds. The second-order valence-corrected chi connectivity index (χ2v) is 10.5. The van der Waals surface area contributed by atoms with Gasteiger partial charge in [-0.15, -0.1) is 0 Å². The molecule has 0 saturated heterocycles. The van der Waals surface area contributed by atoms with Crippen molar-refractivity contribution in [3.05, 3.63) is 158 Å². The first-order valence-corrected chi connectivity index (χ1v) is 14.1. The zero-order valence-corrected chi connectivity index (χ0v) is 22.8. The first-order valence-electron chi connectivity index (χ1n) is 14.1. The summed E-state index contributed by atoms with van der Waals surface area (Å²) in [5, 5.41) is 2.08. The average molecular weight is 539 g/mol. The number of benzene rings is 6. The summed E-state index contributed by atoms with van der Waals surface area (Å²) >= 11 is 0. The Morgan fingerprint density at radius 3 is 1.69 bits per heavy atom. The van der Waals surface area contributed by atoms with E-state index in [0.717, 1.165) is 50.0 Å². The van der Waals surface area contributed by atoms with E-state index in [4.69, 9.17) is 9.40 Å². The molecule has 42 heavy (non-hydrogen) atoms. The quantitative estimate of drug-likeness (QED) is 0.218. The van der Waals surface area contributed by atoms with Gasteiger partial charge in [0.05, 0.1) is 5.52 Å². The Kier molecular flexibility index (Phi) is 5.79. The van der Waals surface area contributed by atoms with Crippen LogP contribution in [0.25, 0.3) is 55.2 Å². The molecule has 0 fully saturated rings. The van der Waals surface area contributed by atoms with Crippen molar-refractivity contribution in [3.63, 3.8) is 0 Å². The second kappa shape index (κ2) is 10.1. The van der Waals surface area contributed by atoms with Gasteiger partial charge in [0, 0.05) is 27.8 Å². The lowest BCUT2D eigenvalue weighted by atomic mass is 10.00. The van der Waals surface area contributed by atoms with Crippen molar-refractivity contribution in [2.75, 3.05) is 4.90 Å². The van der Waals surface area contributed by atoms with Gasteiger partial charge >= 0.3 is 0 Å². The van der Waals surface area contributed by atoms with Gasteiger partial charge in [-0.05, 0) is 76.9 Å². The molecular weight excluding hydrogens is 512 g/mol. The van der Waals surface area contributed by atoms with Crippen LogP contribution in [0.5, 0.6) is 0 Å². The topological polar surface area (TPSA) is 29.3 Å². The SMILES string of the molecule is c1ccc(-c2ccc(-c3ccc(N(c4ccccc4)c4ccc5oc6cc7ccccc7nc6c5c4)cc3)cc2)cc1. The second-order valence-electron chi connectivity index (χ2n) is 10.5. The number of furan rings is 1. The van der Waals surface area contributed by atoms with Crippen LogP contribution < -0.4 is 4.90 Å². The van der Waals surface area contributed by atoms with Gasteiger partial charge in [0.2, 0.25) is 0 Å². The molecule has 198 valence electrons. The number of hydrogen-bond acceptors (Lipinski definition) is 3. The highest BCUT2D eigenvalue weighted by Gasteiger charge is 2.16. The number of pyridine rings is 1. The first-order chi connectivity index (χ1) is 20.8. The van der Waals surface area contributed by atoms with E-state index in [1.54, 1.807) is 0 Å². The highest BCUT2D eigenvalue weighted by atomic mass is 16.3. The molecule has 8 rings (SSSR count). The molecule has 8 aromatic rings. The van der Waals surface area contributed by atoms with Crippen LogP contribution in [0.2, 0.25) is 0 Å². The summed E-state index contributed by atoms with van der Waals surface area (Å²) in [6.45, 7) is 0. The van der Waals surface area contributed by atoms with Crippen molar-refractivity contribution in [3.8, 4) is 22.3 Å². The van der Waals surface area contributed by atoms with E-state index in [1.807, 2.05) is 30.3 Å². The summed E-state index contributed by atoms with van der Waals surface area (Å²) in [7, 11) is 0. The van der Waals surface area contributed by atoms with Crippen molar-refractivity contribution in [1.82, 2.24) is 4.98 Å². The van der Waals surface area contributed by atoms with Gasteiger partial charge in [-0.1, -0.05) is 103 Å². The fraction of sp³-hybridized carbons (Fsp3) is 0. The number of aromatic nitrogens is 1. The Morgan fingerprint density at radius 1 is 0.429 bits per heavy atom. The number of fused-ring (bicyclic) bond motifs is 4. The molecular formula is C39H26N2O. The van der Waals surface area contributed by atoms with Crippen LogP contribution in [-0.4, -0.2) is 4.98 Å². The molecule has 3 nitrogen and oxygen atoms in total. The summed E-state index contributed by atoms with van der Waals surface area (Å²) in [5.74, 6) is 0. The molecule has 0 aliphatic carbocycles. The number of anilines is 3. The minimum atomic E-state index is 0.801. The van der Waals surface area contributed by atoms with Gasteiger partial charge in [0.1, 0.15) is 11.1 Å². The molecule has 6 aromatic carbocycles. The third-order valence-electron chi connectivity index (χ3n) is 7.85. The first kappa shape index (κ1) is 24.2. The molecule has 0 atom stereocenters. The van der Waals surface area contributed by atoms with Crippen LogP contribution in [0.3, 0.4) is 0 Å². The average Bonchev–Trinajstić information content (AvgIpc) is 3.42. The normalized spacial score (nSPS) is 11.3. The Balaban J connectivity index is 1.19. The third kappa shape index (κ3) is 4.29. The fourth-order valence-electron chi connectivity index (χ4n) is 5.73. The van der Waals surface area contributed by atoms with Gasteiger partial charge in [0.25, 0.3) is 0 Å². The minimum absolute atomic E-state index is 0.801. The van der Waals surface area contributed by atoms with Crippen molar-refractivity contribution >= 4 is 50.0 Å². The van der Waals surface area contributed by atoms with E-state index in [-0.39, 0.29) is 0 Å². The molecule has 0 N–H and O–H groups in total. The smallest absolute Gasteiger partial charge is 0.154 e. The zero-order valence-electron chi connectivity index (χ0n) is 22.8. The Morgan fingerprint density at radius 2 is 0.976 bits per heavy atom. The van der Waals surface area contributed by atoms with Crippen LogP contribution in [0, 0.1) is 0 Å². The molecule has 0 unspecified atom stereocenters. The van der Waals surface area contributed by atoms with Crippen molar-refractivity contribution in [1.29, 1.82) is 0 Å². The molecule has 0 aliphatic rings. The molecule has 0 radical (unpaired) electrons. The molecule has 2 heterocycles. The standard InChI is InChI=1S/C39H26N2O/c1-3-9-27(10-4-1)28-15-17-29(18-16-28)30-19-21-33(22-20-30)41(32-12-5-2-6-13-32)34-23-24-37-35(26-34)39-38(42-37)25-31-11-7-8-14-36(31)40-39/h1-26H. The summed E-state index contributed by atoms with van der Waals surface area (Å²) in [4.78, 5) is 7.25. The summed E-state index contributed by atoms with van der Waals surface area (Å²) in [6, 6.07) is 55.1. The number of rotatable bonds is 5. The lowest BCUT2D eigenvalue weighted by molar-refractivity contribution is 0.669.